The van der Waals surface area contributed by atoms with Gasteiger partial charge in [-0.1, -0.05) is 23.4 Å². The maximum atomic E-state index is 11.7. The summed E-state index contributed by atoms with van der Waals surface area (Å²) in [7, 11) is 0. The largest absolute Gasteiger partial charge is 0.465 e. The molecule has 1 aromatic carbocycles. The number of benzene rings is 1. The van der Waals surface area contributed by atoms with Crippen LogP contribution in [0.25, 0.3) is 22.1 Å². The van der Waals surface area contributed by atoms with E-state index in [1.54, 1.807) is 13.8 Å². The van der Waals surface area contributed by atoms with Crippen LogP contribution >= 0.6 is 11.8 Å². The predicted molar refractivity (Wildman–Crippen MR) is 90.6 cm³/mol. The van der Waals surface area contributed by atoms with Gasteiger partial charge in [-0.3, -0.25) is 4.79 Å². The van der Waals surface area contributed by atoms with E-state index in [2.05, 4.69) is 46.1 Å². The minimum absolute atomic E-state index is 0.274. The molecule has 0 radical (unpaired) electrons. The Labute approximate surface area is 138 Å². The lowest BCUT2D eigenvalue weighted by Gasteiger charge is -2.08. The SMILES string of the molecule is CCOC(=O)[C@@H](C)Sc1nnc2c(n1)[nH]c1c(C)cc(C)cc12. The maximum Gasteiger partial charge on any atom is 0.319 e. The van der Waals surface area contributed by atoms with Gasteiger partial charge in [0, 0.05) is 5.39 Å². The number of hydrogen-bond acceptors (Lipinski definition) is 6. The van der Waals surface area contributed by atoms with Gasteiger partial charge in [0.2, 0.25) is 5.16 Å². The molecule has 6 nitrogen and oxygen atoms in total. The fourth-order valence-electron chi connectivity index (χ4n) is 2.53. The van der Waals surface area contributed by atoms with Gasteiger partial charge >= 0.3 is 5.97 Å². The van der Waals surface area contributed by atoms with Crippen molar-refractivity contribution in [3.63, 3.8) is 0 Å². The van der Waals surface area contributed by atoms with Crippen LogP contribution in [0.2, 0.25) is 0 Å². The number of nitrogens with zero attached hydrogens (tertiary/aromatic N) is 3. The van der Waals surface area contributed by atoms with Gasteiger partial charge in [0.15, 0.2) is 5.65 Å². The molecule has 1 N–H and O–H groups in total. The first-order valence-electron chi connectivity index (χ1n) is 7.46. The van der Waals surface area contributed by atoms with E-state index in [0.717, 1.165) is 22.0 Å². The van der Waals surface area contributed by atoms with Gasteiger partial charge in [0.25, 0.3) is 0 Å². The van der Waals surface area contributed by atoms with Crippen LogP contribution in [-0.4, -0.2) is 38.0 Å². The van der Waals surface area contributed by atoms with Crippen molar-refractivity contribution in [2.45, 2.75) is 38.1 Å². The second kappa shape index (κ2) is 6.16. The van der Waals surface area contributed by atoms with Crippen molar-refractivity contribution in [1.82, 2.24) is 20.2 Å². The number of aromatic nitrogens is 4. The third-order valence-electron chi connectivity index (χ3n) is 3.55. The highest BCUT2D eigenvalue weighted by Gasteiger charge is 2.18. The molecule has 2 heterocycles. The Bertz CT molecular complexity index is 891. The molecule has 2 aromatic heterocycles. The molecule has 0 saturated carbocycles. The van der Waals surface area contributed by atoms with E-state index in [1.165, 1.54) is 17.3 Å². The summed E-state index contributed by atoms with van der Waals surface area (Å²) in [6, 6.07) is 4.19. The average Bonchev–Trinajstić information content (AvgIpc) is 2.85. The lowest BCUT2D eigenvalue weighted by Crippen LogP contribution is -2.17. The van der Waals surface area contributed by atoms with Crippen LogP contribution in [0.1, 0.15) is 25.0 Å². The fourth-order valence-corrected chi connectivity index (χ4v) is 3.25. The van der Waals surface area contributed by atoms with Crippen LogP contribution in [0.5, 0.6) is 0 Å². The molecule has 0 aliphatic heterocycles. The summed E-state index contributed by atoms with van der Waals surface area (Å²) in [5.41, 5.74) is 4.77. The minimum Gasteiger partial charge on any atom is -0.465 e. The Hall–Kier alpha value is -2.15. The Morgan fingerprint density at radius 2 is 2.13 bits per heavy atom. The highest BCUT2D eigenvalue weighted by atomic mass is 32.2. The molecule has 7 heteroatoms. The van der Waals surface area contributed by atoms with Crippen molar-refractivity contribution in [2.24, 2.45) is 0 Å². The predicted octanol–water partition coefficient (Wildman–Crippen LogP) is 3.17. The molecule has 0 saturated heterocycles. The summed E-state index contributed by atoms with van der Waals surface area (Å²) >= 11 is 1.24. The number of aryl methyl sites for hydroxylation is 2. The normalized spacial score (nSPS) is 12.7. The molecule has 0 bridgehead atoms. The zero-order valence-electron chi connectivity index (χ0n) is 13.5. The smallest absolute Gasteiger partial charge is 0.319 e. The summed E-state index contributed by atoms with van der Waals surface area (Å²) in [6.45, 7) is 8.03. The molecule has 0 unspecified atom stereocenters. The van der Waals surface area contributed by atoms with E-state index in [-0.39, 0.29) is 11.2 Å². The Balaban J connectivity index is 1.98. The standard InChI is InChI=1S/C16H18N4O2S/c1-5-22-15(21)10(4)23-16-18-14-13(19-20-16)11-7-8(2)6-9(3)12(11)17-14/h6-7,10H,5H2,1-4H3,(H,17,18,20)/t10-/m1/s1. The van der Waals surface area contributed by atoms with Gasteiger partial charge in [0.1, 0.15) is 10.8 Å². The summed E-state index contributed by atoms with van der Waals surface area (Å²) < 4.78 is 5.00. The highest BCUT2D eigenvalue weighted by Crippen LogP contribution is 2.28. The number of fused-ring (bicyclic) bond motifs is 3. The molecule has 0 spiro atoms. The third kappa shape index (κ3) is 3.01. The number of ether oxygens (including phenoxy) is 1. The average molecular weight is 330 g/mol. The van der Waals surface area contributed by atoms with Crippen molar-refractivity contribution in [2.75, 3.05) is 6.61 Å². The fraction of sp³-hybridized carbons (Fsp3) is 0.375. The second-order valence-corrected chi connectivity index (χ2v) is 6.74. The van der Waals surface area contributed by atoms with E-state index >= 15 is 0 Å². The molecule has 120 valence electrons. The number of H-pyrrole nitrogens is 1. The van der Waals surface area contributed by atoms with Crippen LogP contribution in [0, 0.1) is 13.8 Å². The first-order chi connectivity index (χ1) is 11.0. The zero-order chi connectivity index (χ0) is 16.6. The van der Waals surface area contributed by atoms with Crippen molar-refractivity contribution in [1.29, 1.82) is 0 Å². The molecule has 23 heavy (non-hydrogen) atoms. The molecular formula is C16H18N4O2S. The van der Waals surface area contributed by atoms with Crippen LogP contribution in [0.3, 0.4) is 0 Å². The number of aromatic amines is 1. The van der Waals surface area contributed by atoms with E-state index in [9.17, 15) is 4.79 Å². The number of carbonyl (C=O) groups is 1. The molecule has 0 aliphatic rings. The first-order valence-corrected chi connectivity index (χ1v) is 8.34. The summed E-state index contributed by atoms with van der Waals surface area (Å²) in [5, 5.41) is 9.54. The quantitative estimate of drug-likeness (QED) is 0.584. The lowest BCUT2D eigenvalue weighted by atomic mass is 10.1. The Morgan fingerprint density at radius 3 is 2.87 bits per heavy atom. The van der Waals surface area contributed by atoms with Crippen molar-refractivity contribution < 1.29 is 9.53 Å². The summed E-state index contributed by atoms with van der Waals surface area (Å²) in [4.78, 5) is 19.5. The van der Waals surface area contributed by atoms with Crippen LogP contribution in [0.15, 0.2) is 17.3 Å². The number of esters is 1. The third-order valence-corrected chi connectivity index (χ3v) is 4.48. The topological polar surface area (TPSA) is 80.8 Å². The summed E-state index contributed by atoms with van der Waals surface area (Å²) in [6.07, 6.45) is 0. The molecule has 3 aromatic rings. The molecule has 3 rings (SSSR count). The van der Waals surface area contributed by atoms with Gasteiger partial charge in [-0.15, -0.1) is 10.2 Å². The van der Waals surface area contributed by atoms with E-state index in [4.69, 9.17) is 4.74 Å². The van der Waals surface area contributed by atoms with Crippen LogP contribution in [-0.2, 0) is 9.53 Å². The van der Waals surface area contributed by atoms with Gasteiger partial charge in [0.05, 0.1) is 12.1 Å². The monoisotopic (exact) mass is 330 g/mol. The number of nitrogens with one attached hydrogen (secondary N) is 1. The van der Waals surface area contributed by atoms with Crippen molar-refractivity contribution >= 4 is 39.8 Å². The first kappa shape index (κ1) is 15.7. The molecule has 1 atom stereocenters. The van der Waals surface area contributed by atoms with E-state index in [1.807, 2.05) is 0 Å². The zero-order valence-corrected chi connectivity index (χ0v) is 14.3. The number of hydrogen-bond donors (Lipinski definition) is 1. The molecular weight excluding hydrogens is 312 g/mol. The van der Waals surface area contributed by atoms with Crippen LogP contribution < -0.4 is 0 Å². The Kier molecular flexibility index (Phi) is 4.21. The number of rotatable bonds is 4. The number of thioether (sulfide) groups is 1. The van der Waals surface area contributed by atoms with Gasteiger partial charge in [-0.05, 0) is 39.3 Å². The van der Waals surface area contributed by atoms with E-state index in [0.29, 0.717) is 17.4 Å². The van der Waals surface area contributed by atoms with E-state index < -0.39 is 0 Å². The minimum atomic E-state index is -0.373. The lowest BCUT2D eigenvalue weighted by molar-refractivity contribution is -0.142. The maximum absolute atomic E-state index is 11.7. The summed E-state index contributed by atoms with van der Waals surface area (Å²) in [5.74, 6) is -0.274. The molecule has 0 fully saturated rings. The second-order valence-electron chi connectivity index (χ2n) is 5.43. The highest BCUT2D eigenvalue weighted by molar-refractivity contribution is 8.00. The number of carbonyl (C=O) groups excluding carboxylic acids is 1. The van der Waals surface area contributed by atoms with Gasteiger partial charge < -0.3 is 9.72 Å². The van der Waals surface area contributed by atoms with Gasteiger partial charge in [-0.25, -0.2) is 4.98 Å². The molecule has 0 aliphatic carbocycles. The van der Waals surface area contributed by atoms with Crippen molar-refractivity contribution in [3.8, 4) is 0 Å². The van der Waals surface area contributed by atoms with Gasteiger partial charge in [-0.2, -0.15) is 0 Å². The molecule has 0 amide bonds. The Morgan fingerprint density at radius 1 is 1.35 bits per heavy atom. The van der Waals surface area contributed by atoms with Crippen molar-refractivity contribution in [3.05, 3.63) is 23.3 Å². The van der Waals surface area contributed by atoms with Crippen LogP contribution in [0.4, 0.5) is 0 Å².